The van der Waals surface area contributed by atoms with Gasteiger partial charge in [-0.1, -0.05) is 18.2 Å². The molecule has 2 fully saturated rings. The number of methoxy groups -OCH3 is 1. The summed E-state index contributed by atoms with van der Waals surface area (Å²) in [5.41, 5.74) is 2.57. The van der Waals surface area contributed by atoms with Crippen molar-refractivity contribution in [3.63, 3.8) is 0 Å². The van der Waals surface area contributed by atoms with Crippen LogP contribution in [0.4, 0.5) is 0 Å². The lowest BCUT2D eigenvalue weighted by Crippen LogP contribution is -2.47. The van der Waals surface area contributed by atoms with Crippen molar-refractivity contribution in [3.05, 3.63) is 65.0 Å². The molecule has 1 aromatic heterocycles. The maximum absolute atomic E-state index is 13.1. The molecular formula is C25H27N3O5S. The molecule has 2 aliphatic heterocycles. The van der Waals surface area contributed by atoms with E-state index in [0.29, 0.717) is 67.9 Å². The van der Waals surface area contributed by atoms with Crippen molar-refractivity contribution in [2.24, 2.45) is 0 Å². The summed E-state index contributed by atoms with van der Waals surface area (Å²) in [5.74, 6) is 1.56. The number of aromatic nitrogens is 2. The summed E-state index contributed by atoms with van der Waals surface area (Å²) >= 11 is 1.20. The fourth-order valence-corrected chi connectivity index (χ4v) is 4.83. The van der Waals surface area contributed by atoms with E-state index >= 15 is 0 Å². The van der Waals surface area contributed by atoms with Gasteiger partial charge in [-0.2, -0.15) is 9.36 Å². The highest BCUT2D eigenvalue weighted by molar-refractivity contribution is 7.07. The summed E-state index contributed by atoms with van der Waals surface area (Å²) in [6, 6.07) is 13.3. The summed E-state index contributed by atoms with van der Waals surface area (Å²) in [7, 11) is 1.65. The Labute approximate surface area is 202 Å². The fraction of sp³-hybridized carbons (Fsp3) is 0.400. The predicted octanol–water partition coefficient (Wildman–Crippen LogP) is 4.22. The van der Waals surface area contributed by atoms with Crippen LogP contribution in [0.2, 0.25) is 0 Å². The molecule has 8 nitrogen and oxygen atoms in total. The second kappa shape index (κ2) is 9.69. The Hall–Kier alpha value is -3.01. The monoisotopic (exact) mass is 481 g/mol. The number of rotatable bonds is 6. The van der Waals surface area contributed by atoms with E-state index in [9.17, 15) is 4.79 Å². The van der Waals surface area contributed by atoms with E-state index in [2.05, 4.69) is 9.36 Å². The molecule has 178 valence electrons. The van der Waals surface area contributed by atoms with Gasteiger partial charge in [-0.15, -0.1) is 0 Å². The molecule has 34 heavy (non-hydrogen) atoms. The zero-order valence-corrected chi connectivity index (χ0v) is 20.1. The van der Waals surface area contributed by atoms with Crippen LogP contribution in [0.3, 0.4) is 0 Å². The zero-order valence-electron chi connectivity index (χ0n) is 19.3. The second-order valence-corrected chi connectivity index (χ2v) is 9.20. The van der Waals surface area contributed by atoms with E-state index in [4.69, 9.17) is 18.9 Å². The average molecular weight is 482 g/mol. The van der Waals surface area contributed by atoms with Crippen molar-refractivity contribution < 1.29 is 23.7 Å². The Balaban J connectivity index is 1.25. The first-order valence-corrected chi connectivity index (χ1v) is 12.1. The molecule has 0 N–H and O–H groups in total. The molecule has 0 saturated carbocycles. The number of amides is 1. The van der Waals surface area contributed by atoms with Crippen LogP contribution in [0.5, 0.6) is 16.7 Å². The molecule has 1 amide bonds. The van der Waals surface area contributed by atoms with Crippen LogP contribution in [-0.4, -0.2) is 59.4 Å². The van der Waals surface area contributed by atoms with Crippen molar-refractivity contribution >= 4 is 17.4 Å². The van der Waals surface area contributed by atoms with Gasteiger partial charge in [0.05, 0.1) is 20.3 Å². The van der Waals surface area contributed by atoms with Crippen LogP contribution < -0.4 is 9.47 Å². The highest BCUT2D eigenvalue weighted by Gasteiger charge is 2.40. The van der Waals surface area contributed by atoms with Crippen LogP contribution in [-0.2, 0) is 15.9 Å². The van der Waals surface area contributed by atoms with Gasteiger partial charge in [-0.25, -0.2) is 0 Å². The third-order valence-corrected chi connectivity index (χ3v) is 6.84. The Kier molecular flexibility index (Phi) is 6.49. The number of carbonyl (C=O) groups is 1. The van der Waals surface area contributed by atoms with Gasteiger partial charge in [-0.05, 0) is 42.3 Å². The van der Waals surface area contributed by atoms with Gasteiger partial charge >= 0.3 is 0 Å². The molecule has 0 radical (unpaired) electrons. The summed E-state index contributed by atoms with van der Waals surface area (Å²) in [6.07, 6.45) is 1.96. The second-order valence-electron chi connectivity index (χ2n) is 8.49. The number of likely N-dealkylation sites (tertiary alicyclic amines) is 1. The molecule has 2 aromatic carbocycles. The number of carbonyl (C=O) groups excluding carboxylic acids is 1. The summed E-state index contributed by atoms with van der Waals surface area (Å²) < 4.78 is 27.3. The lowest BCUT2D eigenvalue weighted by atomic mass is 10.0. The van der Waals surface area contributed by atoms with Crippen molar-refractivity contribution in [1.29, 1.82) is 0 Å². The molecule has 9 heteroatoms. The quantitative estimate of drug-likeness (QED) is 0.521. The topological polar surface area (TPSA) is 83.0 Å². The standard InChI is InChI=1S/C25H27N3O5S/c1-17-6-7-19(23(29)28-10-8-25(9-11-28)31-12-13-32-25)16-21(17)33-24-26-22(27-34-24)15-18-4-3-5-20(14-18)30-2/h3-7,14,16H,8-13,15H2,1-2H3. The Morgan fingerprint density at radius 2 is 1.94 bits per heavy atom. The Morgan fingerprint density at radius 1 is 1.15 bits per heavy atom. The van der Waals surface area contributed by atoms with Gasteiger partial charge in [-0.3, -0.25) is 4.79 Å². The van der Waals surface area contributed by atoms with Gasteiger partial charge in [0.25, 0.3) is 11.1 Å². The molecular weight excluding hydrogens is 454 g/mol. The minimum atomic E-state index is -0.501. The summed E-state index contributed by atoms with van der Waals surface area (Å²) in [4.78, 5) is 19.5. The normalized spacial score (nSPS) is 17.2. The fourth-order valence-electron chi connectivity index (χ4n) is 4.27. The number of ether oxygens (including phenoxy) is 4. The van der Waals surface area contributed by atoms with Gasteiger partial charge < -0.3 is 23.8 Å². The van der Waals surface area contributed by atoms with E-state index in [-0.39, 0.29) is 5.91 Å². The number of piperidine rings is 1. The molecule has 1 spiro atoms. The highest BCUT2D eigenvalue weighted by Crippen LogP contribution is 2.33. The average Bonchev–Trinajstić information content (AvgIpc) is 3.50. The Bertz CT molecular complexity index is 1160. The molecule has 5 rings (SSSR count). The number of nitrogens with zero attached hydrogens (tertiary/aromatic N) is 3. The number of hydrogen-bond donors (Lipinski definition) is 0. The minimum absolute atomic E-state index is 0.0197. The van der Waals surface area contributed by atoms with E-state index in [1.807, 2.05) is 48.2 Å². The molecule has 2 aliphatic rings. The van der Waals surface area contributed by atoms with Crippen LogP contribution >= 0.6 is 11.5 Å². The SMILES string of the molecule is COc1cccc(Cc2nsc(Oc3cc(C(=O)N4CCC5(CC4)OCCO5)ccc3C)n2)c1. The van der Waals surface area contributed by atoms with E-state index in [1.54, 1.807) is 13.2 Å². The van der Waals surface area contributed by atoms with E-state index in [1.165, 1.54) is 11.5 Å². The van der Waals surface area contributed by atoms with Gasteiger partial charge in [0.15, 0.2) is 11.6 Å². The van der Waals surface area contributed by atoms with Gasteiger partial charge in [0.2, 0.25) is 0 Å². The molecule has 2 saturated heterocycles. The highest BCUT2D eigenvalue weighted by atomic mass is 32.1. The maximum atomic E-state index is 13.1. The first-order valence-electron chi connectivity index (χ1n) is 11.3. The van der Waals surface area contributed by atoms with Crippen molar-refractivity contribution in [1.82, 2.24) is 14.3 Å². The lowest BCUT2D eigenvalue weighted by molar-refractivity contribution is -0.181. The number of benzene rings is 2. The zero-order chi connectivity index (χ0) is 23.5. The number of hydrogen-bond acceptors (Lipinski definition) is 8. The summed E-state index contributed by atoms with van der Waals surface area (Å²) in [6.45, 7) is 4.40. The van der Waals surface area contributed by atoms with Crippen LogP contribution in [0, 0.1) is 6.92 Å². The largest absolute Gasteiger partial charge is 0.497 e. The molecule has 3 aromatic rings. The molecule has 0 unspecified atom stereocenters. The van der Waals surface area contributed by atoms with Crippen molar-refractivity contribution in [3.8, 4) is 16.7 Å². The number of aryl methyl sites for hydroxylation is 1. The molecule has 0 atom stereocenters. The first kappa shape index (κ1) is 22.8. The van der Waals surface area contributed by atoms with Crippen LogP contribution in [0.25, 0.3) is 0 Å². The third kappa shape index (κ3) is 4.91. The lowest BCUT2D eigenvalue weighted by Gasteiger charge is -2.37. The van der Waals surface area contributed by atoms with Crippen LogP contribution in [0.15, 0.2) is 42.5 Å². The predicted molar refractivity (Wildman–Crippen MR) is 127 cm³/mol. The maximum Gasteiger partial charge on any atom is 0.298 e. The smallest absolute Gasteiger partial charge is 0.298 e. The van der Waals surface area contributed by atoms with Crippen LogP contribution in [0.1, 0.15) is 40.2 Å². The van der Waals surface area contributed by atoms with E-state index < -0.39 is 5.79 Å². The molecule has 3 heterocycles. The van der Waals surface area contributed by atoms with Gasteiger partial charge in [0, 0.05) is 49.4 Å². The minimum Gasteiger partial charge on any atom is -0.497 e. The summed E-state index contributed by atoms with van der Waals surface area (Å²) in [5, 5.41) is 0.445. The van der Waals surface area contributed by atoms with Crippen molar-refractivity contribution in [2.45, 2.75) is 32.0 Å². The molecule has 0 bridgehead atoms. The third-order valence-electron chi connectivity index (χ3n) is 6.20. The van der Waals surface area contributed by atoms with Crippen molar-refractivity contribution in [2.75, 3.05) is 33.4 Å². The van der Waals surface area contributed by atoms with E-state index in [0.717, 1.165) is 16.9 Å². The Morgan fingerprint density at radius 3 is 2.71 bits per heavy atom. The van der Waals surface area contributed by atoms with Gasteiger partial charge in [0.1, 0.15) is 11.5 Å². The first-order chi connectivity index (χ1) is 16.5. The molecule has 0 aliphatic carbocycles.